The number of ether oxygens (including phenoxy) is 2. The minimum absolute atomic E-state index is 0.297. The highest BCUT2D eigenvalue weighted by molar-refractivity contribution is 6.32. The first-order valence-corrected chi connectivity index (χ1v) is 8.67. The quantitative estimate of drug-likeness (QED) is 0.706. The topological polar surface area (TPSA) is 65.4 Å². The number of rotatable bonds is 5. The Hall–Kier alpha value is -2.99. The van der Waals surface area contributed by atoms with Crippen LogP contribution in [0.5, 0.6) is 11.5 Å². The highest BCUT2D eigenvalue weighted by Gasteiger charge is 2.17. The van der Waals surface area contributed by atoms with Crippen molar-refractivity contribution < 1.29 is 14.3 Å². The fraction of sp³-hybridized carbons (Fsp3) is 0.200. The summed E-state index contributed by atoms with van der Waals surface area (Å²) in [5.41, 5.74) is 3.14. The number of anilines is 1. The van der Waals surface area contributed by atoms with Crippen molar-refractivity contribution in [1.82, 2.24) is 9.78 Å². The molecule has 2 aromatic carbocycles. The molecule has 6 nitrogen and oxygen atoms in total. The summed E-state index contributed by atoms with van der Waals surface area (Å²) in [4.78, 5) is 12.8. The summed E-state index contributed by atoms with van der Waals surface area (Å²) in [6, 6.07) is 12.8. The number of nitrogens with zero attached hydrogens (tertiary/aromatic N) is 2. The molecule has 1 aromatic heterocycles. The highest BCUT2D eigenvalue weighted by atomic mass is 35.5. The van der Waals surface area contributed by atoms with Gasteiger partial charge in [-0.15, -0.1) is 0 Å². The molecule has 3 rings (SSSR count). The van der Waals surface area contributed by atoms with Crippen molar-refractivity contribution in [3.63, 3.8) is 0 Å². The molecule has 0 aliphatic rings. The SMILES string of the molecule is COc1cc(C(=O)Nc2cc(C)nn2-c2ccc(C)cc2)cc(Cl)c1OC. The maximum absolute atomic E-state index is 12.8. The molecule has 0 radical (unpaired) electrons. The first-order valence-electron chi connectivity index (χ1n) is 8.29. The monoisotopic (exact) mass is 385 g/mol. The van der Waals surface area contributed by atoms with Gasteiger partial charge >= 0.3 is 0 Å². The molecular formula is C20H20ClN3O3. The van der Waals surface area contributed by atoms with E-state index in [1.165, 1.54) is 20.3 Å². The Morgan fingerprint density at radius 3 is 2.41 bits per heavy atom. The second-order valence-corrected chi connectivity index (χ2v) is 6.47. The summed E-state index contributed by atoms with van der Waals surface area (Å²) in [7, 11) is 2.98. The van der Waals surface area contributed by atoms with Gasteiger partial charge < -0.3 is 14.8 Å². The molecule has 0 atom stereocenters. The molecule has 27 heavy (non-hydrogen) atoms. The van der Waals surface area contributed by atoms with Crippen LogP contribution in [-0.4, -0.2) is 29.9 Å². The lowest BCUT2D eigenvalue weighted by Gasteiger charge is -2.13. The molecule has 1 heterocycles. The van der Waals surface area contributed by atoms with E-state index in [9.17, 15) is 4.79 Å². The van der Waals surface area contributed by atoms with Crippen LogP contribution in [0.3, 0.4) is 0 Å². The normalized spacial score (nSPS) is 10.6. The fourth-order valence-electron chi connectivity index (χ4n) is 2.71. The van der Waals surface area contributed by atoms with Crippen LogP contribution in [0.25, 0.3) is 5.69 Å². The smallest absolute Gasteiger partial charge is 0.257 e. The molecule has 1 amide bonds. The number of benzene rings is 2. The van der Waals surface area contributed by atoms with E-state index in [2.05, 4.69) is 10.4 Å². The summed E-state index contributed by atoms with van der Waals surface area (Å²) in [6.45, 7) is 3.88. The molecule has 140 valence electrons. The number of carbonyl (C=O) groups excluding carboxylic acids is 1. The Morgan fingerprint density at radius 2 is 1.78 bits per heavy atom. The molecule has 0 saturated carbocycles. The van der Waals surface area contributed by atoms with Crippen molar-refractivity contribution in [2.45, 2.75) is 13.8 Å². The van der Waals surface area contributed by atoms with E-state index in [0.717, 1.165) is 16.9 Å². The van der Waals surface area contributed by atoms with Crippen LogP contribution in [0.1, 0.15) is 21.6 Å². The van der Waals surface area contributed by atoms with Crippen molar-refractivity contribution in [2.24, 2.45) is 0 Å². The largest absolute Gasteiger partial charge is 0.493 e. The van der Waals surface area contributed by atoms with Gasteiger partial charge in [0.05, 0.1) is 30.6 Å². The molecule has 0 aliphatic heterocycles. The van der Waals surface area contributed by atoms with E-state index in [-0.39, 0.29) is 5.91 Å². The number of hydrogen-bond acceptors (Lipinski definition) is 4. The summed E-state index contributed by atoms with van der Waals surface area (Å²) in [5, 5.41) is 7.65. The zero-order chi connectivity index (χ0) is 19.6. The molecule has 0 unspecified atom stereocenters. The Morgan fingerprint density at radius 1 is 1.07 bits per heavy atom. The molecule has 3 aromatic rings. The van der Waals surface area contributed by atoms with E-state index in [1.54, 1.807) is 16.8 Å². The van der Waals surface area contributed by atoms with E-state index >= 15 is 0 Å². The van der Waals surface area contributed by atoms with Crippen molar-refractivity contribution >= 4 is 23.3 Å². The van der Waals surface area contributed by atoms with Crippen LogP contribution in [0, 0.1) is 13.8 Å². The lowest BCUT2D eigenvalue weighted by Crippen LogP contribution is -2.15. The maximum Gasteiger partial charge on any atom is 0.257 e. The lowest BCUT2D eigenvalue weighted by atomic mass is 10.2. The summed E-state index contributed by atoms with van der Waals surface area (Å²) in [6.07, 6.45) is 0. The Bertz CT molecular complexity index is 981. The number of aryl methyl sites for hydroxylation is 2. The Labute approximate surface area is 162 Å². The first kappa shape index (κ1) is 18.8. The maximum atomic E-state index is 12.8. The lowest BCUT2D eigenvalue weighted by molar-refractivity contribution is 0.102. The van der Waals surface area contributed by atoms with E-state index in [4.69, 9.17) is 21.1 Å². The third-order valence-electron chi connectivity index (χ3n) is 4.05. The Kier molecular flexibility index (Phi) is 5.37. The van der Waals surface area contributed by atoms with Crippen molar-refractivity contribution in [1.29, 1.82) is 0 Å². The molecular weight excluding hydrogens is 366 g/mol. The van der Waals surface area contributed by atoms with Crippen LogP contribution in [0.2, 0.25) is 5.02 Å². The summed E-state index contributed by atoms with van der Waals surface area (Å²) < 4.78 is 12.2. The Balaban J connectivity index is 1.93. The summed E-state index contributed by atoms with van der Waals surface area (Å²) >= 11 is 6.20. The van der Waals surface area contributed by atoms with Gasteiger partial charge in [-0.2, -0.15) is 5.10 Å². The van der Waals surface area contributed by atoms with Gasteiger partial charge in [-0.05, 0) is 38.1 Å². The van der Waals surface area contributed by atoms with Gasteiger partial charge in [-0.3, -0.25) is 4.79 Å². The van der Waals surface area contributed by atoms with Gasteiger partial charge in [0.1, 0.15) is 5.82 Å². The van der Waals surface area contributed by atoms with Crippen molar-refractivity contribution in [3.05, 3.63) is 64.3 Å². The molecule has 0 fully saturated rings. The molecule has 0 spiro atoms. The number of aromatic nitrogens is 2. The number of amides is 1. The van der Waals surface area contributed by atoms with Gasteiger partial charge in [0.2, 0.25) is 0 Å². The van der Waals surface area contributed by atoms with Crippen LogP contribution >= 0.6 is 11.6 Å². The predicted octanol–water partition coefficient (Wildman–Crippen LogP) is 4.41. The summed E-state index contributed by atoms with van der Waals surface area (Å²) in [5.74, 6) is 1.01. The first-order chi connectivity index (χ1) is 12.9. The number of halogens is 1. The van der Waals surface area contributed by atoms with Crippen molar-refractivity contribution in [2.75, 3.05) is 19.5 Å². The standard InChI is InChI=1S/C20H20ClN3O3/c1-12-5-7-15(8-6-12)24-18(9-13(2)23-24)22-20(25)14-10-16(21)19(27-4)17(11-14)26-3/h5-11H,1-4H3,(H,22,25). The minimum atomic E-state index is -0.328. The zero-order valence-corrected chi connectivity index (χ0v) is 16.3. The van der Waals surface area contributed by atoms with Gasteiger partial charge in [0, 0.05) is 11.6 Å². The van der Waals surface area contributed by atoms with Gasteiger partial charge in [0.15, 0.2) is 11.5 Å². The third kappa shape index (κ3) is 3.90. The van der Waals surface area contributed by atoms with Gasteiger partial charge in [-0.25, -0.2) is 4.68 Å². The number of methoxy groups -OCH3 is 2. The van der Waals surface area contributed by atoms with Gasteiger partial charge in [0.25, 0.3) is 5.91 Å². The molecule has 0 aliphatic carbocycles. The second kappa shape index (κ2) is 7.72. The molecule has 0 saturated heterocycles. The van der Waals surface area contributed by atoms with E-state index in [1.807, 2.05) is 38.1 Å². The van der Waals surface area contributed by atoms with Crippen LogP contribution in [-0.2, 0) is 0 Å². The van der Waals surface area contributed by atoms with Crippen LogP contribution in [0.15, 0.2) is 42.5 Å². The second-order valence-electron chi connectivity index (χ2n) is 6.07. The number of carbonyl (C=O) groups is 1. The van der Waals surface area contributed by atoms with E-state index in [0.29, 0.717) is 27.9 Å². The average Bonchev–Trinajstić information content (AvgIpc) is 3.01. The minimum Gasteiger partial charge on any atom is -0.493 e. The van der Waals surface area contributed by atoms with Crippen LogP contribution < -0.4 is 14.8 Å². The fourth-order valence-corrected chi connectivity index (χ4v) is 3.00. The van der Waals surface area contributed by atoms with Crippen molar-refractivity contribution in [3.8, 4) is 17.2 Å². The average molecular weight is 386 g/mol. The predicted molar refractivity (Wildman–Crippen MR) is 106 cm³/mol. The highest BCUT2D eigenvalue weighted by Crippen LogP contribution is 2.36. The third-order valence-corrected chi connectivity index (χ3v) is 4.33. The number of hydrogen-bond donors (Lipinski definition) is 1. The van der Waals surface area contributed by atoms with Crippen LogP contribution in [0.4, 0.5) is 5.82 Å². The molecule has 0 bridgehead atoms. The number of nitrogens with one attached hydrogen (secondary N) is 1. The molecule has 1 N–H and O–H groups in total. The molecule has 7 heteroatoms. The zero-order valence-electron chi connectivity index (χ0n) is 15.5. The van der Waals surface area contributed by atoms with Gasteiger partial charge in [-0.1, -0.05) is 29.3 Å². The van der Waals surface area contributed by atoms with E-state index < -0.39 is 0 Å².